The molecule has 102 valence electrons. The molecule has 0 saturated heterocycles. The van der Waals surface area contributed by atoms with Gasteiger partial charge in [-0.1, -0.05) is 0 Å². The van der Waals surface area contributed by atoms with Crippen LogP contribution in [-0.2, 0) is 9.84 Å². The number of hydrogen-bond donors (Lipinski definition) is 0. The Bertz CT molecular complexity index is 475. The molecule has 0 radical (unpaired) electrons. The van der Waals surface area contributed by atoms with E-state index in [1.165, 1.54) is 0 Å². The van der Waals surface area contributed by atoms with Gasteiger partial charge in [-0.05, 0) is 34.1 Å². The molecular formula is C13H21NO3S. The molecule has 0 atom stereocenters. The highest BCUT2D eigenvalue weighted by atomic mass is 32.2. The van der Waals surface area contributed by atoms with Crippen LogP contribution in [0.5, 0.6) is 5.75 Å². The van der Waals surface area contributed by atoms with Crippen LogP contribution in [0.3, 0.4) is 0 Å². The highest BCUT2D eigenvalue weighted by Crippen LogP contribution is 2.14. The van der Waals surface area contributed by atoms with E-state index >= 15 is 0 Å². The molecule has 1 aromatic rings. The summed E-state index contributed by atoms with van der Waals surface area (Å²) in [4.78, 5) is 4.25. The van der Waals surface area contributed by atoms with Gasteiger partial charge in [-0.3, -0.25) is 4.98 Å². The minimum atomic E-state index is -2.96. The van der Waals surface area contributed by atoms with Gasteiger partial charge in [0, 0.05) is 23.5 Å². The standard InChI is InChI=1S/C13H21NO3S/c1-10(2)18(15,16)7-5-6-17-13-8-11(3)14-12(4)9-13/h8-10H,5-7H2,1-4H3. The van der Waals surface area contributed by atoms with Gasteiger partial charge < -0.3 is 4.74 Å². The summed E-state index contributed by atoms with van der Waals surface area (Å²) in [5.41, 5.74) is 1.81. The maximum atomic E-state index is 11.6. The summed E-state index contributed by atoms with van der Waals surface area (Å²) in [7, 11) is -2.96. The van der Waals surface area contributed by atoms with Gasteiger partial charge in [0.1, 0.15) is 5.75 Å². The molecule has 1 heterocycles. The smallest absolute Gasteiger partial charge is 0.152 e. The van der Waals surface area contributed by atoms with E-state index in [1.807, 2.05) is 26.0 Å². The fourth-order valence-corrected chi connectivity index (χ4v) is 2.56. The van der Waals surface area contributed by atoms with Crippen molar-refractivity contribution in [3.05, 3.63) is 23.5 Å². The first kappa shape index (κ1) is 15.0. The number of nitrogens with zero attached hydrogens (tertiary/aromatic N) is 1. The second-order valence-electron chi connectivity index (χ2n) is 4.70. The predicted molar refractivity (Wildman–Crippen MR) is 72.7 cm³/mol. The Morgan fingerprint density at radius 2 is 1.78 bits per heavy atom. The van der Waals surface area contributed by atoms with Crippen molar-refractivity contribution in [2.75, 3.05) is 12.4 Å². The number of aryl methyl sites for hydroxylation is 2. The number of ether oxygens (including phenoxy) is 1. The minimum absolute atomic E-state index is 0.174. The van der Waals surface area contributed by atoms with Gasteiger partial charge in [-0.25, -0.2) is 8.42 Å². The number of hydrogen-bond acceptors (Lipinski definition) is 4. The van der Waals surface area contributed by atoms with E-state index in [9.17, 15) is 8.42 Å². The van der Waals surface area contributed by atoms with E-state index in [0.29, 0.717) is 13.0 Å². The average molecular weight is 271 g/mol. The average Bonchev–Trinajstić information content (AvgIpc) is 2.23. The largest absolute Gasteiger partial charge is 0.493 e. The maximum absolute atomic E-state index is 11.6. The Labute approximate surface area is 109 Å². The summed E-state index contributed by atoms with van der Waals surface area (Å²) in [6.45, 7) is 7.62. The predicted octanol–water partition coefficient (Wildman–Crippen LogP) is 2.29. The lowest BCUT2D eigenvalue weighted by molar-refractivity contribution is 0.316. The molecule has 0 bridgehead atoms. The lowest BCUT2D eigenvalue weighted by Gasteiger charge is -2.09. The summed E-state index contributed by atoms with van der Waals surface area (Å²) in [6, 6.07) is 3.70. The van der Waals surface area contributed by atoms with E-state index in [0.717, 1.165) is 17.1 Å². The molecule has 0 aliphatic carbocycles. The molecule has 5 heteroatoms. The summed E-state index contributed by atoms with van der Waals surface area (Å²) >= 11 is 0. The highest BCUT2D eigenvalue weighted by Gasteiger charge is 2.15. The Morgan fingerprint density at radius 1 is 1.22 bits per heavy atom. The monoisotopic (exact) mass is 271 g/mol. The van der Waals surface area contributed by atoms with Gasteiger partial charge in [0.25, 0.3) is 0 Å². The molecule has 18 heavy (non-hydrogen) atoms. The van der Waals surface area contributed by atoms with Gasteiger partial charge in [0.05, 0.1) is 17.6 Å². The topological polar surface area (TPSA) is 56.3 Å². The molecule has 0 N–H and O–H groups in total. The Balaban J connectivity index is 2.43. The first-order valence-corrected chi connectivity index (χ1v) is 7.82. The van der Waals surface area contributed by atoms with Crippen molar-refractivity contribution >= 4 is 9.84 Å². The molecule has 1 rings (SSSR count). The highest BCUT2D eigenvalue weighted by molar-refractivity contribution is 7.91. The van der Waals surface area contributed by atoms with Crippen LogP contribution in [0.2, 0.25) is 0 Å². The van der Waals surface area contributed by atoms with Crippen LogP contribution in [0.15, 0.2) is 12.1 Å². The zero-order valence-corrected chi connectivity index (χ0v) is 12.3. The normalized spacial score (nSPS) is 11.8. The number of pyridine rings is 1. The molecule has 4 nitrogen and oxygen atoms in total. The molecule has 0 unspecified atom stereocenters. The van der Waals surface area contributed by atoms with Gasteiger partial charge in [0.15, 0.2) is 9.84 Å². The van der Waals surface area contributed by atoms with E-state index in [1.54, 1.807) is 13.8 Å². The van der Waals surface area contributed by atoms with Crippen molar-refractivity contribution in [2.24, 2.45) is 0 Å². The zero-order chi connectivity index (χ0) is 13.8. The minimum Gasteiger partial charge on any atom is -0.493 e. The van der Waals surface area contributed by atoms with Crippen molar-refractivity contribution in [3.63, 3.8) is 0 Å². The fourth-order valence-electron chi connectivity index (χ4n) is 1.57. The summed E-state index contributed by atoms with van der Waals surface area (Å²) in [6.07, 6.45) is 0.515. The van der Waals surface area contributed by atoms with Crippen molar-refractivity contribution in [3.8, 4) is 5.75 Å². The van der Waals surface area contributed by atoms with E-state index in [2.05, 4.69) is 4.98 Å². The van der Waals surface area contributed by atoms with Crippen LogP contribution in [0.25, 0.3) is 0 Å². The van der Waals surface area contributed by atoms with E-state index in [4.69, 9.17) is 4.74 Å². The summed E-state index contributed by atoms with van der Waals surface area (Å²) in [5, 5.41) is -0.317. The van der Waals surface area contributed by atoms with Gasteiger partial charge in [-0.2, -0.15) is 0 Å². The molecule has 0 saturated carbocycles. The van der Waals surface area contributed by atoms with Crippen LogP contribution >= 0.6 is 0 Å². The van der Waals surface area contributed by atoms with Gasteiger partial charge in [0.2, 0.25) is 0 Å². The SMILES string of the molecule is Cc1cc(OCCCS(=O)(=O)C(C)C)cc(C)n1. The first-order valence-electron chi connectivity index (χ1n) is 6.11. The van der Waals surface area contributed by atoms with Crippen LogP contribution in [0.1, 0.15) is 31.7 Å². The van der Waals surface area contributed by atoms with Crippen molar-refractivity contribution in [1.82, 2.24) is 4.98 Å². The molecular weight excluding hydrogens is 250 g/mol. The number of sulfone groups is 1. The summed E-state index contributed by atoms with van der Waals surface area (Å²) < 4.78 is 28.7. The van der Waals surface area contributed by atoms with Gasteiger partial charge >= 0.3 is 0 Å². The van der Waals surface area contributed by atoms with E-state index < -0.39 is 9.84 Å². The van der Waals surface area contributed by atoms with Crippen LogP contribution < -0.4 is 4.74 Å². The first-order chi connectivity index (χ1) is 8.31. The molecule has 0 spiro atoms. The lowest BCUT2D eigenvalue weighted by Crippen LogP contribution is -2.19. The molecule has 0 aromatic carbocycles. The fraction of sp³-hybridized carbons (Fsp3) is 0.615. The molecule has 1 aromatic heterocycles. The third kappa shape index (κ3) is 4.64. The van der Waals surface area contributed by atoms with Crippen molar-refractivity contribution in [2.45, 2.75) is 39.4 Å². The Morgan fingerprint density at radius 3 is 2.28 bits per heavy atom. The number of aromatic nitrogens is 1. The Hall–Kier alpha value is -1.10. The summed E-state index contributed by atoms with van der Waals surface area (Å²) in [5.74, 6) is 0.926. The lowest BCUT2D eigenvalue weighted by atomic mass is 10.3. The maximum Gasteiger partial charge on any atom is 0.152 e. The second kappa shape index (κ2) is 6.18. The zero-order valence-electron chi connectivity index (χ0n) is 11.4. The molecule has 0 aliphatic heterocycles. The van der Waals surface area contributed by atoms with E-state index in [-0.39, 0.29) is 11.0 Å². The Kier molecular flexibility index (Phi) is 5.14. The third-order valence-corrected chi connectivity index (χ3v) is 4.91. The third-order valence-electron chi connectivity index (χ3n) is 2.62. The number of rotatable bonds is 6. The van der Waals surface area contributed by atoms with Crippen LogP contribution in [0.4, 0.5) is 0 Å². The van der Waals surface area contributed by atoms with Crippen molar-refractivity contribution < 1.29 is 13.2 Å². The second-order valence-corrected chi connectivity index (χ2v) is 7.38. The van der Waals surface area contributed by atoms with Crippen LogP contribution in [-0.4, -0.2) is 31.0 Å². The van der Waals surface area contributed by atoms with Crippen LogP contribution in [0, 0.1) is 13.8 Å². The van der Waals surface area contributed by atoms with Gasteiger partial charge in [-0.15, -0.1) is 0 Å². The van der Waals surface area contributed by atoms with Crippen molar-refractivity contribution in [1.29, 1.82) is 0 Å². The molecule has 0 fully saturated rings. The molecule has 0 aliphatic rings. The quantitative estimate of drug-likeness (QED) is 0.745. The molecule has 0 amide bonds.